The number of nitrogens with zero attached hydrogens (tertiary/aromatic N) is 1. The molecule has 0 unspecified atom stereocenters. The Hall–Kier alpha value is -2.58. The summed E-state index contributed by atoms with van der Waals surface area (Å²) in [5.41, 5.74) is 0.980. The number of ketones is 1. The highest BCUT2D eigenvalue weighted by Gasteiger charge is 2.13. The monoisotopic (exact) mass is 430 g/mol. The molecule has 2 aromatic heterocycles. The van der Waals surface area contributed by atoms with E-state index in [0.717, 1.165) is 20.1 Å². The zero-order valence-corrected chi connectivity index (χ0v) is 17.7. The van der Waals surface area contributed by atoms with Crippen molar-refractivity contribution >= 4 is 50.5 Å². The number of aryl methyl sites for hydroxylation is 1. The third-order valence-corrected chi connectivity index (χ3v) is 6.44. The number of thiazole rings is 1. The number of Topliss-reactive ketones (excluding diaryl/α,β-unsaturated/α-hetero) is 1. The number of para-hydroxylation sites is 1. The van der Waals surface area contributed by atoms with Crippen molar-refractivity contribution in [2.75, 3.05) is 13.2 Å². The maximum absolute atomic E-state index is 12.2. The molecule has 0 aliphatic rings. The number of carbonyl (C=O) groups is 3. The summed E-state index contributed by atoms with van der Waals surface area (Å²) in [7, 11) is 0. The van der Waals surface area contributed by atoms with Crippen LogP contribution in [0.15, 0.2) is 36.4 Å². The predicted molar refractivity (Wildman–Crippen MR) is 115 cm³/mol. The Morgan fingerprint density at radius 2 is 1.90 bits per heavy atom. The predicted octanol–water partition coefficient (Wildman–Crippen LogP) is 3.79. The van der Waals surface area contributed by atoms with Gasteiger partial charge in [0.1, 0.15) is 0 Å². The molecule has 0 saturated heterocycles. The number of hydrogen-bond acceptors (Lipinski definition) is 7. The summed E-state index contributed by atoms with van der Waals surface area (Å²) in [5, 5.41) is 3.72. The number of amides is 1. The van der Waals surface area contributed by atoms with Gasteiger partial charge in [-0.05, 0) is 43.5 Å². The number of thiophene rings is 1. The van der Waals surface area contributed by atoms with Crippen LogP contribution in [0.1, 0.15) is 39.3 Å². The number of rotatable bonds is 10. The van der Waals surface area contributed by atoms with Crippen molar-refractivity contribution in [1.29, 1.82) is 0 Å². The number of hydrogen-bond donors (Lipinski definition) is 1. The summed E-state index contributed by atoms with van der Waals surface area (Å²) in [6.07, 6.45) is 2.28. The smallest absolute Gasteiger partial charge is 0.306 e. The normalized spacial score (nSPS) is 10.8. The van der Waals surface area contributed by atoms with Gasteiger partial charge >= 0.3 is 5.97 Å². The Morgan fingerprint density at radius 1 is 1.07 bits per heavy atom. The number of carbonyl (C=O) groups excluding carboxylic acids is 3. The molecule has 1 N–H and O–H groups in total. The van der Waals surface area contributed by atoms with E-state index in [1.165, 1.54) is 18.3 Å². The van der Waals surface area contributed by atoms with E-state index in [1.807, 2.05) is 30.3 Å². The summed E-state index contributed by atoms with van der Waals surface area (Å²) < 4.78 is 6.26. The lowest BCUT2D eigenvalue weighted by Crippen LogP contribution is -2.22. The van der Waals surface area contributed by atoms with E-state index in [0.29, 0.717) is 30.7 Å². The zero-order chi connectivity index (χ0) is 20.6. The number of aromatic nitrogens is 1. The average Bonchev–Trinajstić information content (AvgIpc) is 3.32. The third kappa shape index (κ3) is 6.47. The highest BCUT2D eigenvalue weighted by atomic mass is 32.1. The van der Waals surface area contributed by atoms with Crippen LogP contribution in [-0.4, -0.2) is 35.8 Å². The van der Waals surface area contributed by atoms with E-state index in [1.54, 1.807) is 17.4 Å². The van der Waals surface area contributed by atoms with Crippen LogP contribution in [0.5, 0.6) is 0 Å². The Kier molecular flexibility index (Phi) is 7.48. The van der Waals surface area contributed by atoms with E-state index in [4.69, 9.17) is 4.74 Å². The van der Waals surface area contributed by atoms with Gasteiger partial charge in [-0.1, -0.05) is 12.1 Å². The molecular formula is C21H22N2O4S2. The standard InChI is InChI=1S/C21H22N2O4S2/c1-14(24)22-12-11-15-9-10-19(28-15)17(25)13-27-21(26)8-4-7-20-23-16-5-2-3-6-18(16)29-20/h2-3,5-6,9-10H,4,7-8,11-13H2,1H3,(H,22,24). The molecule has 0 radical (unpaired) electrons. The van der Waals surface area contributed by atoms with Crippen LogP contribution in [0, 0.1) is 0 Å². The van der Waals surface area contributed by atoms with Crippen LogP contribution in [0.4, 0.5) is 0 Å². The average molecular weight is 431 g/mol. The second-order valence-electron chi connectivity index (χ2n) is 6.51. The van der Waals surface area contributed by atoms with Gasteiger partial charge in [-0.2, -0.15) is 0 Å². The number of fused-ring (bicyclic) bond motifs is 1. The minimum Gasteiger partial charge on any atom is -0.457 e. The molecule has 1 aromatic carbocycles. The lowest BCUT2D eigenvalue weighted by atomic mass is 10.2. The van der Waals surface area contributed by atoms with Crippen molar-refractivity contribution in [2.45, 2.75) is 32.6 Å². The number of esters is 1. The van der Waals surface area contributed by atoms with E-state index < -0.39 is 0 Å². The van der Waals surface area contributed by atoms with Gasteiger partial charge < -0.3 is 10.1 Å². The second-order valence-corrected chi connectivity index (χ2v) is 8.80. The van der Waals surface area contributed by atoms with Crippen LogP contribution in [0.3, 0.4) is 0 Å². The summed E-state index contributed by atoms with van der Waals surface area (Å²) in [5.74, 6) is -0.657. The van der Waals surface area contributed by atoms with E-state index in [9.17, 15) is 14.4 Å². The first-order valence-corrected chi connectivity index (χ1v) is 11.0. The fourth-order valence-electron chi connectivity index (χ4n) is 2.72. The van der Waals surface area contributed by atoms with Gasteiger partial charge in [0.25, 0.3) is 0 Å². The Morgan fingerprint density at radius 3 is 2.69 bits per heavy atom. The van der Waals surface area contributed by atoms with Gasteiger partial charge in [0.05, 0.1) is 20.1 Å². The molecule has 0 aliphatic carbocycles. The Labute approximate surface area is 176 Å². The van der Waals surface area contributed by atoms with Gasteiger partial charge in [0, 0.05) is 24.8 Å². The SMILES string of the molecule is CC(=O)NCCc1ccc(C(=O)COC(=O)CCCc2nc3ccccc3s2)s1. The quantitative estimate of drug-likeness (QED) is 0.391. The molecule has 0 bridgehead atoms. The molecule has 8 heteroatoms. The fraction of sp³-hybridized carbons (Fsp3) is 0.333. The molecule has 6 nitrogen and oxygen atoms in total. The molecule has 152 valence electrons. The molecule has 0 atom stereocenters. The minimum atomic E-state index is -0.373. The van der Waals surface area contributed by atoms with Gasteiger partial charge in [-0.25, -0.2) is 4.98 Å². The van der Waals surface area contributed by atoms with Crippen molar-refractivity contribution in [3.63, 3.8) is 0 Å². The van der Waals surface area contributed by atoms with Crippen LogP contribution >= 0.6 is 22.7 Å². The molecule has 2 heterocycles. The van der Waals surface area contributed by atoms with Gasteiger partial charge in [-0.3, -0.25) is 14.4 Å². The van der Waals surface area contributed by atoms with Crippen molar-refractivity contribution in [3.8, 4) is 0 Å². The summed E-state index contributed by atoms with van der Waals surface area (Å²) in [4.78, 5) is 41.1. The highest BCUT2D eigenvalue weighted by molar-refractivity contribution is 7.18. The molecular weight excluding hydrogens is 408 g/mol. The molecule has 3 rings (SSSR count). The van der Waals surface area contributed by atoms with Crippen LogP contribution in [0.25, 0.3) is 10.2 Å². The first kappa shape index (κ1) is 21.1. The van der Waals surface area contributed by atoms with E-state index in [-0.39, 0.29) is 30.7 Å². The van der Waals surface area contributed by atoms with Crippen molar-refractivity contribution in [2.24, 2.45) is 0 Å². The van der Waals surface area contributed by atoms with E-state index >= 15 is 0 Å². The van der Waals surface area contributed by atoms with Crippen LogP contribution in [-0.2, 0) is 27.2 Å². The zero-order valence-electron chi connectivity index (χ0n) is 16.1. The second kappa shape index (κ2) is 10.3. The molecule has 1 amide bonds. The van der Waals surface area contributed by atoms with Gasteiger partial charge in [-0.15, -0.1) is 22.7 Å². The van der Waals surface area contributed by atoms with Crippen LogP contribution < -0.4 is 5.32 Å². The van der Waals surface area contributed by atoms with E-state index in [2.05, 4.69) is 10.3 Å². The van der Waals surface area contributed by atoms with Crippen LogP contribution in [0.2, 0.25) is 0 Å². The maximum atomic E-state index is 12.2. The van der Waals surface area contributed by atoms with Gasteiger partial charge in [0.2, 0.25) is 11.7 Å². The third-order valence-electron chi connectivity index (χ3n) is 4.16. The minimum absolute atomic E-state index is 0.0760. The fourth-order valence-corrected chi connectivity index (χ4v) is 4.66. The molecule has 29 heavy (non-hydrogen) atoms. The number of benzene rings is 1. The lowest BCUT2D eigenvalue weighted by molar-refractivity contribution is -0.142. The summed E-state index contributed by atoms with van der Waals surface area (Å²) >= 11 is 3.00. The molecule has 0 spiro atoms. The Bertz CT molecular complexity index is 976. The Balaban J connectivity index is 1.37. The number of ether oxygens (including phenoxy) is 1. The number of nitrogens with one attached hydrogen (secondary N) is 1. The van der Waals surface area contributed by atoms with Crippen molar-refractivity contribution in [1.82, 2.24) is 10.3 Å². The first-order chi connectivity index (χ1) is 14.0. The van der Waals surface area contributed by atoms with Crippen molar-refractivity contribution < 1.29 is 19.1 Å². The topological polar surface area (TPSA) is 85.4 Å². The molecule has 0 saturated carbocycles. The first-order valence-electron chi connectivity index (χ1n) is 9.37. The molecule has 3 aromatic rings. The largest absolute Gasteiger partial charge is 0.457 e. The maximum Gasteiger partial charge on any atom is 0.306 e. The summed E-state index contributed by atoms with van der Waals surface area (Å²) in [6, 6.07) is 11.5. The van der Waals surface area contributed by atoms with Gasteiger partial charge in [0.15, 0.2) is 6.61 Å². The molecule has 0 fully saturated rings. The van der Waals surface area contributed by atoms with Crippen molar-refractivity contribution in [3.05, 3.63) is 51.2 Å². The lowest BCUT2D eigenvalue weighted by Gasteiger charge is -2.03. The molecule has 0 aliphatic heterocycles. The summed E-state index contributed by atoms with van der Waals surface area (Å²) in [6.45, 7) is 1.76. The highest BCUT2D eigenvalue weighted by Crippen LogP contribution is 2.23.